The van der Waals surface area contributed by atoms with E-state index in [1.165, 1.54) is 0 Å². The average molecular weight is 253 g/mol. The van der Waals surface area contributed by atoms with E-state index < -0.39 is 24.6 Å². The first-order valence-electron chi connectivity index (χ1n) is 4.09. The molecular weight excluding hydrogens is 247 g/mol. The van der Waals surface area contributed by atoms with Crippen molar-refractivity contribution in [3.8, 4) is 0 Å². The smallest absolute Gasteiger partial charge is 0.394 e. The van der Waals surface area contributed by atoms with Crippen molar-refractivity contribution in [2.75, 3.05) is 6.61 Å². The lowest BCUT2D eigenvalue weighted by atomic mass is 10.4. The molecule has 2 aromatic heterocycles. The fourth-order valence-electron chi connectivity index (χ4n) is 1.04. The zero-order chi connectivity index (χ0) is 11.9. The number of fused-ring (bicyclic) bond motifs is 1. The van der Waals surface area contributed by atoms with Crippen LogP contribution in [-0.4, -0.2) is 31.5 Å². The van der Waals surface area contributed by atoms with Gasteiger partial charge in [0, 0.05) is 0 Å². The minimum absolute atomic E-state index is 0.00812. The van der Waals surface area contributed by atoms with Crippen molar-refractivity contribution in [1.29, 1.82) is 0 Å². The third-order valence-electron chi connectivity index (χ3n) is 1.77. The summed E-state index contributed by atoms with van der Waals surface area (Å²) in [5.74, 6) is -1.20. The quantitative estimate of drug-likeness (QED) is 0.797. The molecule has 0 bridgehead atoms. The summed E-state index contributed by atoms with van der Waals surface area (Å²) in [5.41, 5.74) is 5.43. The van der Waals surface area contributed by atoms with Gasteiger partial charge in [0.25, 0.3) is 5.82 Å². The monoisotopic (exact) mass is 253 g/mol. The molecule has 0 aliphatic rings. The van der Waals surface area contributed by atoms with E-state index in [0.29, 0.717) is 4.52 Å². The second kappa shape index (κ2) is 3.64. The standard InChI is InChI=1S/C6H6F3N5OS/c7-6(8,9)4-11-12-5-14(4)13-3(16-5)2(10)1-15/h2,15H,1,10H2. The van der Waals surface area contributed by atoms with Gasteiger partial charge in [-0.3, -0.25) is 0 Å². The predicted octanol–water partition coefficient (Wildman–Crippen LogP) is 0.197. The number of aliphatic hydroxyl groups is 1. The summed E-state index contributed by atoms with van der Waals surface area (Å²) < 4.78 is 37.8. The van der Waals surface area contributed by atoms with E-state index in [-0.39, 0.29) is 9.97 Å². The maximum Gasteiger partial charge on any atom is 0.453 e. The second-order valence-electron chi connectivity index (χ2n) is 2.95. The number of hydrogen-bond acceptors (Lipinski definition) is 6. The molecule has 16 heavy (non-hydrogen) atoms. The van der Waals surface area contributed by atoms with Gasteiger partial charge < -0.3 is 10.8 Å². The summed E-state index contributed by atoms with van der Waals surface area (Å²) in [6, 6.07) is -0.812. The zero-order valence-corrected chi connectivity index (χ0v) is 8.46. The summed E-state index contributed by atoms with van der Waals surface area (Å²) in [5, 5.41) is 18.9. The van der Waals surface area contributed by atoms with Crippen molar-refractivity contribution in [3.63, 3.8) is 0 Å². The lowest BCUT2D eigenvalue weighted by Crippen LogP contribution is -2.16. The van der Waals surface area contributed by atoms with Crippen molar-refractivity contribution in [1.82, 2.24) is 19.8 Å². The fourth-order valence-corrected chi connectivity index (χ4v) is 1.87. The Balaban J connectivity index is 2.52. The van der Waals surface area contributed by atoms with Gasteiger partial charge in [0.2, 0.25) is 4.96 Å². The Morgan fingerprint density at radius 3 is 2.69 bits per heavy atom. The third kappa shape index (κ3) is 1.74. The maximum atomic E-state index is 12.4. The van der Waals surface area contributed by atoms with Gasteiger partial charge in [-0.2, -0.15) is 22.8 Å². The van der Waals surface area contributed by atoms with E-state index in [1.54, 1.807) is 0 Å². The Labute approximate surface area is 90.5 Å². The minimum atomic E-state index is -4.62. The largest absolute Gasteiger partial charge is 0.453 e. The minimum Gasteiger partial charge on any atom is -0.394 e. The van der Waals surface area contributed by atoms with Crippen LogP contribution in [0.4, 0.5) is 13.2 Å². The Bertz CT molecular complexity index is 506. The molecule has 3 N–H and O–H groups in total. The molecule has 1 unspecified atom stereocenters. The van der Waals surface area contributed by atoms with Gasteiger partial charge in [-0.05, 0) is 0 Å². The highest BCUT2D eigenvalue weighted by Crippen LogP contribution is 2.29. The lowest BCUT2D eigenvalue weighted by Gasteiger charge is -2.02. The highest BCUT2D eigenvalue weighted by molar-refractivity contribution is 7.16. The number of halogens is 3. The van der Waals surface area contributed by atoms with Gasteiger partial charge >= 0.3 is 6.18 Å². The molecule has 0 spiro atoms. The highest BCUT2D eigenvalue weighted by Gasteiger charge is 2.38. The van der Waals surface area contributed by atoms with Crippen molar-refractivity contribution in [2.24, 2.45) is 5.73 Å². The summed E-state index contributed by atoms with van der Waals surface area (Å²) >= 11 is 0.860. The Hall–Kier alpha value is -1.26. The third-order valence-corrected chi connectivity index (χ3v) is 2.80. The summed E-state index contributed by atoms with van der Waals surface area (Å²) in [6.07, 6.45) is -4.62. The molecule has 0 saturated carbocycles. The van der Waals surface area contributed by atoms with Crippen LogP contribution in [0.25, 0.3) is 4.96 Å². The van der Waals surface area contributed by atoms with Crippen molar-refractivity contribution in [2.45, 2.75) is 12.2 Å². The first-order valence-corrected chi connectivity index (χ1v) is 4.91. The number of aromatic nitrogens is 4. The molecule has 2 rings (SSSR count). The average Bonchev–Trinajstić information content (AvgIpc) is 2.72. The van der Waals surface area contributed by atoms with Gasteiger partial charge in [0.05, 0.1) is 12.6 Å². The number of aliphatic hydroxyl groups excluding tert-OH is 1. The van der Waals surface area contributed by atoms with Crippen LogP contribution < -0.4 is 5.73 Å². The molecule has 0 fully saturated rings. The van der Waals surface area contributed by atoms with Crippen LogP contribution in [-0.2, 0) is 6.18 Å². The number of hydrogen-bond donors (Lipinski definition) is 2. The van der Waals surface area contributed by atoms with Crippen molar-refractivity contribution in [3.05, 3.63) is 10.8 Å². The van der Waals surface area contributed by atoms with Gasteiger partial charge in [-0.25, -0.2) is 0 Å². The topological polar surface area (TPSA) is 89.3 Å². The van der Waals surface area contributed by atoms with Crippen LogP contribution in [0.1, 0.15) is 16.9 Å². The molecule has 2 aromatic rings. The molecule has 0 radical (unpaired) electrons. The molecule has 88 valence electrons. The van der Waals surface area contributed by atoms with E-state index >= 15 is 0 Å². The van der Waals surface area contributed by atoms with E-state index in [9.17, 15) is 13.2 Å². The van der Waals surface area contributed by atoms with Crippen LogP contribution >= 0.6 is 11.3 Å². The molecule has 0 amide bonds. The van der Waals surface area contributed by atoms with Crippen molar-refractivity contribution < 1.29 is 18.3 Å². The summed E-state index contributed by atoms with van der Waals surface area (Å²) in [6.45, 7) is -0.397. The van der Waals surface area contributed by atoms with Crippen LogP contribution in [0.3, 0.4) is 0 Å². The highest BCUT2D eigenvalue weighted by atomic mass is 32.1. The second-order valence-corrected chi connectivity index (χ2v) is 3.93. The number of nitrogens with two attached hydrogens (primary N) is 1. The molecule has 10 heteroatoms. The van der Waals surface area contributed by atoms with Crippen molar-refractivity contribution >= 4 is 16.3 Å². The molecule has 1 atom stereocenters. The summed E-state index contributed by atoms with van der Waals surface area (Å²) in [4.78, 5) is -0.00812. The molecule has 0 saturated heterocycles. The number of nitrogens with zero attached hydrogens (tertiary/aromatic N) is 4. The number of alkyl halides is 3. The molecule has 6 nitrogen and oxygen atoms in total. The molecule has 0 aliphatic carbocycles. The van der Waals surface area contributed by atoms with Crippen LogP contribution in [0.15, 0.2) is 0 Å². The Morgan fingerprint density at radius 1 is 1.44 bits per heavy atom. The van der Waals surface area contributed by atoms with Gasteiger partial charge in [0.15, 0.2) is 0 Å². The van der Waals surface area contributed by atoms with E-state index in [2.05, 4.69) is 15.3 Å². The maximum absolute atomic E-state index is 12.4. The van der Waals surface area contributed by atoms with Crippen LogP contribution in [0, 0.1) is 0 Å². The van der Waals surface area contributed by atoms with Gasteiger partial charge in [0.1, 0.15) is 5.01 Å². The van der Waals surface area contributed by atoms with Crippen LogP contribution in [0.5, 0.6) is 0 Å². The molecule has 2 heterocycles. The SMILES string of the molecule is NC(CO)c1nn2c(C(F)(F)F)nnc2s1. The Kier molecular flexibility index (Phi) is 2.56. The molecule has 0 aliphatic heterocycles. The normalized spacial score (nSPS) is 14.6. The fraction of sp³-hybridized carbons (Fsp3) is 0.500. The molecular formula is C6H6F3N5OS. The van der Waals surface area contributed by atoms with Gasteiger partial charge in [-0.15, -0.1) is 10.2 Å². The first kappa shape index (κ1) is 11.2. The zero-order valence-electron chi connectivity index (χ0n) is 7.64. The number of rotatable bonds is 2. The van der Waals surface area contributed by atoms with Crippen LogP contribution in [0.2, 0.25) is 0 Å². The predicted molar refractivity (Wildman–Crippen MR) is 47.7 cm³/mol. The van der Waals surface area contributed by atoms with E-state index in [0.717, 1.165) is 11.3 Å². The lowest BCUT2D eigenvalue weighted by molar-refractivity contribution is -0.146. The Morgan fingerprint density at radius 2 is 2.12 bits per heavy atom. The molecule has 0 aromatic carbocycles. The van der Waals surface area contributed by atoms with Gasteiger partial charge in [-0.1, -0.05) is 11.3 Å². The van der Waals surface area contributed by atoms with E-state index in [1.807, 2.05) is 0 Å². The summed E-state index contributed by atoms with van der Waals surface area (Å²) in [7, 11) is 0. The van der Waals surface area contributed by atoms with E-state index in [4.69, 9.17) is 10.8 Å². The first-order chi connectivity index (χ1) is 7.43.